The van der Waals surface area contributed by atoms with Crippen molar-refractivity contribution in [2.45, 2.75) is 13.3 Å². The van der Waals surface area contributed by atoms with Gasteiger partial charge in [0, 0.05) is 37.6 Å². The Balaban J connectivity index is 1.42. The molecular formula is C22H27N3O4. The van der Waals surface area contributed by atoms with Crippen molar-refractivity contribution < 1.29 is 19.1 Å². The van der Waals surface area contributed by atoms with Gasteiger partial charge < -0.3 is 24.6 Å². The van der Waals surface area contributed by atoms with Gasteiger partial charge in [0.2, 0.25) is 5.91 Å². The van der Waals surface area contributed by atoms with E-state index in [2.05, 4.69) is 10.2 Å². The summed E-state index contributed by atoms with van der Waals surface area (Å²) in [5.74, 6) is 0.671. The SMILES string of the molecule is CCOC(=O)N1CCN(c2ccc(NC(=O)CCOc3ccccc3)cc2)CC1. The fourth-order valence-electron chi connectivity index (χ4n) is 3.12. The van der Waals surface area contributed by atoms with Crippen molar-refractivity contribution in [1.29, 1.82) is 0 Å². The number of carbonyl (C=O) groups is 2. The third-order valence-corrected chi connectivity index (χ3v) is 4.66. The average molecular weight is 397 g/mol. The second-order valence-electron chi connectivity index (χ2n) is 6.68. The predicted molar refractivity (Wildman–Crippen MR) is 112 cm³/mol. The zero-order valence-electron chi connectivity index (χ0n) is 16.7. The summed E-state index contributed by atoms with van der Waals surface area (Å²) in [5.41, 5.74) is 1.82. The Kier molecular flexibility index (Phi) is 7.33. The molecule has 2 amide bonds. The molecule has 1 heterocycles. The van der Waals surface area contributed by atoms with E-state index in [0.29, 0.717) is 26.3 Å². The first-order valence-corrected chi connectivity index (χ1v) is 9.90. The number of benzene rings is 2. The third kappa shape index (κ3) is 6.14. The van der Waals surface area contributed by atoms with Gasteiger partial charge in [-0.05, 0) is 43.3 Å². The van der Waals surface area contributed by atoms with E-state index < -0.39 is 0 Å². The van der Waals surface area contributed by atoms with Crippen molar-refractivity contribution in [3.8, 4) is 5.75 Å². The monoisotopic (exact) mass is 397 g/mol. The highest BCUT2D eigenvalue weighted by Crippen LogP contribution is 2.20. The Morgan fingerprint density at radius 3 is 2.31 bits per heavy atom. The molecule has 2 aromatic rings. The summed E-state index contributed by atoms with van der Waals surface area (Å²) in [6.07, 6.45) is 0.0355. The molecule has 7 nitrogen and oxygen atoms in total. The van der Waals surface area contributed by atoms with Crippen LogP contribution in [-0.2, 0) is 9.53 Å². The van der Waals surface area contributed by atoms with Crippen LogP contribution in [0.4, 0.5) is 16.2 Å². The van der Waals surface area contributed by atoms with Crippen LogP contribution in [0.15, 0.2) is 54.6 Å². The van der Waals surface area contributed by atoms with Gasteiger partial charge in [-0.1, -0.05) is 18.2 Å². The first kappa shape index (κ1) is 20.5. The van der Waals surface area contributed by atoms with E-state index in [0.717, 1.165) is 30.2 Å². The highest BCUT2D eigenvalue weighted by molar-refractivity contribution is 5.91. The number of anilines is 2. The highest BCUT2D eigenvalue weighted by Gasteiger charge is 2.22. The van der Waals surface area contributed by atoms with E-state index in [1.54, 1.807) is 4.90 Å². The zero-order chi connectivity index (χ0) is 20.5. The van der Waals surface area contributed by atoms with Crippen LogP contribution < -0.4 is 15.0 Å². The molecular weight excluding hydrogens is 370 g/mol. The number of ether oxygens (including phenoxy) is 2. The first-order valence-electron chi connectivity index (χ1n) is 9.90. The van der Waals surface area contributed by atoms with E-state index in [1.807, 2.05) is 61.5 Å². The van der Waals surface area contributed by atoms with Crippen LogP contribution >= 0.6 is 0 Å². The first-order chi connectivity index (χ1) is 14.2. The maximum Gasteiger partial charge on any atom is 0.409 e. The molecule has 1 aliphatic heterocycles. The van der Waals surface area contributed by atoms with Crippen molar-refractivity contribution in [2.75, 3.05) is 49.6 Å². The van der Waals surface area contributed by atoms with Crippen LogP contribution in [0.5, 0.6) is 5.75 Å². The van der Waals surface area contributed by atoms with E-state index in [1.165, 1.54) is 0 Å². The molecule has 0 aromatic heterocycles. The van der Waals surface area contributed by atoms with Crippen LogP contribution in [0.3, 0.4) is 0 Å². The average Bonchev–Trinajstić information content (AvgIpc) is 2.75. The van der Waals surface area contributed by atoms with Gasteiger partial charge >= 0.3 is 6.09 Å². The van der Waals surface area contributed by atoms with Gasteiger partial charge in [-0.15, -0.1) is 0 Å². The van der Waals surface area contributed by atoms with Gasteiger partial charge in [0.1, 0.15) is 5.75 Å². The van der Waals surface area contributed by atoms with Crippen LogP contribution in [0.2, 0.25) is 0 Å². The summed E-state index contributed by atoms with van der Waals surface area (Å²) in [6, 6.07) is 17.2. The maximum atomic E-state index is 12.1. The topological polar surface area (TPSA) is 71.1 Å². The van der Waals surface area contributed by atoms with E-state index in [4.69, 9.17) is 9.47 Å². The molecule has 0 unspecified atom stereocenters. The molecule has 0 saturated carbocycles. The quantitative estimate of drug-likeness (QED) is 0.776. The van der Waals surface area contributed by atoms with Gasteiger partial charge in [-0.25, -0.2) is 4.79 Å². The Morgan fingerprint density at radius 2 is 1.66 bits per heavy atom. The minimum absolute atomic E-state index is 0.0864. The summed E-state index contributed by atoms with van der Waals surface area (Å²) in [5, 5.41) is 2.89. The van der Waals surface area contributed by atoms with Crippen molar-refractivity contribution in [2.24, 2.45) is 0 Å². The number of hydrogen-bond donors (Lipinski definition) is 1. The van der Waals surface area contributed by atoms with Gasteiger partial charge in [0.15, 0.2) is 0 Å². The van der Waals surface area contributed by atoms with Gasteiger partial charge in [0.05, 0.1) is 19.6 Å². The molecule has 7 heteroatoms. The fraction of sp³-hybridized carbons (Fsp3) is 0.364. The van der Waals surface area contributed by atoms with Crippen molar-refractivity contribution in [1.82, 2.24) is 4.90 Å². The zero-order valence-corrected chi connectivity index (χ0v) is 16.7. The lowest BCUT2D eigenvalue weighted by molar-refractivity contribution is -0.116. The Morgan fingerprint density at radius 1 is 0.966 bits per heavy atom. The number of hydrogen-bond acceptors (Lipinski definition) is 5. The van der Waals surface area contributed by atoms with Crippen molar-refractivity contribution in [3.05, 3.63) is 54.6 Å². The number of rotatable bonds is 7. The van der Waals surface area contributed by atoms with E-state index in [-0.39, 0.29) is 18.4 Å². The fourth-order valence-corrected chi connectivity index (χ4v) is 3.12. The Bertz CT molecular complexity index is 787. The molecule has 3 rings (SSSR count). The van der Waals surface area contributed by atoms with Crippen LogP contribution in [-0.4, -0.2) is 56.3 Å². The highest BCUT2D eigenvalue weighted by atomic mass is 16.6. The minimum Gasteiger partial charge on any atom is -0.493 e. The van der Waals surface area contributed by atoms with Crippen LogP contribution in [0.1, 0.15) is 13.3 Å². The smallest absolute Gasteiger partial charge is 0.409 e. The van der Waals surface area contributed by atoms with Gasteiger partial charge in [-0.3, -0.25) is 4.79 Å². The number of para-hydroxylation sites is 1. The van der Waals surface area contributed by atoms with E-state index >= 15 is 0 Å². The Labute approximate surface area is 171 Å². The summed E-state index contributed by atoms with van der Waals surface area (Å²) in [6.45, 7) is 5.31. The van der Waals surface area contributed by atoms with Gasteiger partial charge in [0.25, 0.3) is 0 Å². The number of carbonyl (C=O) groups excluding carboxylic acids is 2. The molecule has 1 N–H and O–H groups in total. The third-order valence-electron chi connectivity index (χ3n) is 4.66. The van der Waals surface area contributed by atoms with E-state index in [9.17, 15) is 9.59 Å². The molecule has 0 aliphatic carbocycles. The number of nitrogens with zero attached hydrogens (tertiary/aromatic N) is 2. The number of nitrogens with one attached hydrogen (secondary N) is 1. The molecule has 0 radical (unpaired) electrons. The van der Waals surface area contributed by atoms with Crippen molar-refractivity contribution >= 4 is 23.4 Å². The summed E-state index contributed by atoms with van der Waals surface area (Å²) in [4.78, 5) is 27.8. The molecule has 2 aromatic carbocycles. The second kappa shape index (κ2) is 10.4. The molecule has 1 aliphatic rings. The maximum absolute atomic E-state index is 12.1. The summed E-state index contributed by atoms with van der Waals surface area (Å²) in [7, 11) is 0. The second-order valence-corrected chi connectivity index (χ2v) is 6.68. The number of amides is 2. The lowest BCUT2D eigenvalue weighted by atomic mass is 10.2. The Hall–Kier alpha value is -3.22. The molecule has 0 bridgehead atoms. The largest absolute Gasteiger partial charge is 0.493 e. The number of piperazine rings is 1. The lowest BCUT2D eigenvalue weighted by Crippen LogP contribution is -2.49. The molecule has 1 saturated heterocycles. The van der Waals surface area contributed by atoms with Crippen LogP contribution in [0, 0.1) is 0 Å². The van der Waals surface area contributed by atoms with Gasteiger partial charge in [-0.2, -0.15) is 0 Å². The molecule has 154 valence electrons. The predicted octanol–water partition coefficient (Wildman–Crippen LogP) is 3.37. The van der Waals surface area contributed by atoms with Crippen LogP contribution in [0.25, 0.3) is 0 Å². The summed E-state index contributed by atoms with van der Waals surface area (Å²) >= 11 is 0. The minimum atomic E-state index is -0.249. The standard InChI is InChI=1S/C22H27N3O4/c1-2-28-22(27)25-15-13-24(14-16-25)19-10-8-18(9-11-19)23-21(26)12-17-29-20-6-4-3-5-7-20/h3-11H,2,12-17H2,1H3,(H,23,26). The molecule has 1 fully saturated rings. The van der Waals surface area contributed by atoms with Crippen molar-refractivity contribution in [3.63, 3.8) is 0 Å². The normalized spacial score (nSPS) is 13.7. The summed E-state index contributed by atoms with van der Waals surface area (Å²) < 4.78 is 10.6. The lowest BCUT2D eigenvalue weighted by Gasteiger charge is -2.35. The molecule has 0 spiro atoms. The molecule has 0 atom stereocenters. The molecule has 29 heavy (non-hydrogen) atoms.